The van der Waals surface area contributed by atoms with Crippen LogP contribution in [-0.4, -0.2) is 29.6 Å². The van der Waals surface area contributed by atoms with E-state index in [1.54, 1.807) is 5.57 Å². The molecule has 1 heterocycles. The number of likely N-dealkylation sites (tertiary alicyclic amines) is 1. The van der Waals surface area contributed by atoms with Gasteiger partial charge in [0.05, 0.1) is 6.04 Å². The Labute approximate surface area is 123 Å². The molecular formula is C17H31N3. The van der Waals surface area contributed by atoms with Crippen LogP contribution in [0.2, 0.25) is 0 Å². The molecule has 1 unspecified atom stereocenters. The fraction of sp³-hybridized carbons (Fsp3) is 0.882. The Morgan fingerprint density at radius 3 is 2.45 bits per heavy atom. The lowest BCUT2D eigenvalue weighted by Gasteiger charge is -2.46. The first-order valence-electron chi connectivity index (χ1n) is 8.77. The lowest BCUT2D eigenvalue weighted by molar-refractivity contribution is 0.0887. The Morgan fingerprint density at radius 1 is 1.00 bits per heavy atom. The first kappa shape index (κ1) is 14.6. The van der Waals surface area contributed by atoms with Crippen LogP contribution in [-0.2, 0) is 0 Å². The summed E-state index contributed by atoms with van der Waals surface area (Å²) in [6.45, 7) is 2.57. The third kappa shape index (κ3) is 2.68. The molecule has 3 nitrogen and oxygen atoms in total. The molecule has 0 radical (unpaired) electrons. The summed E-state index contributed by atoms with van der Waals surface area (Å²) in [6, 6.07) is 0.390. The van der Waals surface area contributed by atoms with Crippen LogP contribution in [0.25, 0.3) is 0 Å². The maximum absolute atomic E-state index is 6.07. The highest BCUT2D eigenvalue weighted by Gasteiger charge is 2.47. The summed E-state index contributed by atoms with van der Waals surface area (Å²) in [5.74, 6) is 6.07. The first-order valence-corrected chi connectivity index (χ1v) is 8.77. The molecule has 3 aliphatic rings. The highest BCUT2D eigenvalue weighted by Crippen LogP contribution is 2.43. The highest BCUT2D eigenvalue weighted by molar-refractivity contribution is 5.22. The maximum Gasteiger partial charge on any atom is 0.0604 e. The number of nitrogens with one attached hydrogen (secondary N) is 1. The molecule has 0 aromatic heterocycles. The van der Waals surface area contributed by atoms with Gasteiger partial charge in [-0.3, -0.25) is 16.2 Å². The Morgan fingerprint density at radius 2 is 1.75 bits per heavy atom. The van der Waals surface area contributed by atoms with Crippen molar-refractivity contribution in [3.05, 3.63) is 11.6 Å². The number of hydrazine groups is 1. The van der Waals surface area contributed by atoms with E-state index < -0.39 is 0 Å². The van der Waals surface area contributed by atoms with Gasteiger partial charge in [-0.1, -0.05) is 30.9 Å². The van der Waals surface area contributed by atoms with Gasteiger partial charge >= 0.3 is 0 Å². The molecule has 2 fully saturated rings. The molecule has 1 atom stereocenters. The van der Waals surface area contributed by atoms with E-state index in [9.17, 15) is 0 Å². The monoisotopic (exact) mass is 277 g/mol. The van der Waals surface area contributed by atoms with Crippen molar-refractivity contribution < 1.29 is 0 Å². The molecule has 20 heavy (non-hydrogen) atoms. The van der Waals surface area contributed by atoms with E-state index in [4.69, 9.17) is 5.84 Å². The Hall–Kier alpha value is -0.380. The summed E-state index contributed by atoms with van der Waals surface area (Å²) < 4.78 is 0. The summed E-state index contributed by atoms with van der Waals surface area (Å²) in [5, 5.41) is 0. The van der Waals surface area contributed by atoms with E-state index >= 15 is 0 Å². The van der Waals surface area contributed by atoms with Crippen molar-refractivity contribution in [3.63, 3.8) is 0 Å². The van der Waals surface area contributed by atoms with Crippen molar-refractivity contribution in [2.24, 2.45) is 5.84 Å². The third-order valence-electron chi connectivity index (χ3n) is 5.86. The van der Waals surface area contributed by atoms with Crippen molar-refractivity contribution in [3.8, 4) is 0 Å². The van der Waals surface area contributed by atoms with Gasteiger partial charge in [-0.25, -0.2) is 0 Å². The molecule has 1 saturated carbocycles. The molecule has 0 bridgehead atoms. The van der Waals surface area contributed by atoms with Crippen LogP contribution in [0.3, 0.4) is 0 Å². The SMILES string of the molecule is NNC(C1=CCCCCC1)C1(N2CCCC2)CCCC1. The Balaban J connectivity index is 1.85. The highest BCUT2D eigenvalue weighted by atomic mass is 15.3. The smallest absolute Gasteiger partial charge is 0.0604 e. The van der Waals surface area contributed by atoms with Crippen molar-refractivity contribution in [2.45, 2.75) is 82.2 Å². The number of hydrogen-bond donors (Lipinski definition) is 2. The quantitative estimate of drug-likeness (QED) is 0.471. The van der Waals surface area contributed by atoms with Gasteiger partial charge in [-0.15, -0.1) is 0 Å². The molecule has 2 aliphatic carbocycles. The van der Waals surface area contributed by atoms with E-state index in [1.165, 1.54) is 83.7 Å². The molecule has 0 amide bonds. The second kappa shape index (κ2) is 6.59. The van der Waals surface area contributed by atoms with Gasteiger partial charge in [0.15, 0.2) is 0 Å². The average Bonchev–Trinajstić information content (AvgIpc) is 3.09. The second-order valence-electron chi connectivity index (χ2n) is 6.98. The van der Waals surface area contributed by atoms with Gasteiger partial charge in [0, 0.05) is 5.54 Å². The fourth-order valence-corrected chi connectivity index (χ4v) is 4.85. The fourth-order valence-electron chi connectivity index (χ4n) is 4.85. The zero-order valence-electron chi connectivity index (χ0n) is 12.9. The topological polar surface area (TPSA) is 41.3 Å². The lowest BCUT2D eigenvalue weighted by Crippen LogP contribution is -2.61. The molecule has 114 valence electrons. The molecule has 1 aliphatic heterocycles. The molecule has 1 saturated heterocycles. The summed E-state index contributed by atoms with van der Waals surface area (Å²) in [6.07, 6.45) is 17.3. The van der Waals surface area contributed by atoms with Crippen LogP contribution in [0.4, 0.5) is 0 Å². The number of nitrogens with zero attached hydrogens (tertiary/aromatic N) is 1. The molecule has 3 heteroatoms. The second-order valence-corrected chi connectivity index (χ2v) is 6.98. The number of allylic oxidation sites excluding steroid dienone is 1. The largest absolute Gasteiger partial charge is 0.296 e. The lowest BCUT2D eigenvalue weighted by atomic mass is 9.80. The van der Waals surface area contributed by atoms with Crippen molar-refractivity contribution >= 4 is 0 Å². The minimum atomic E-state index is 0.321. The predicted molar refractivity (Wildman–Crippen MR) is 84.3 cm³/mol. The molecular weight excluding hydrogens is 246 g/mol. The first-order chi connectivity index (χ1) is 9.87. The minimum Gasteiger partial charge on any atom is -0.296 e. The summed E-state index contributed by atoms with van der Waals surface area (Å²) in [5.41, 5.74) is 5.18. The number of hydrogen-bond acceptors (Lipinski definition) is 3. The average molecular weight is 277 g/mol. The zero-order valence-corrected chi connectivity index (χ0v) is 12.9. The van der Waals surface area contributed by atoms with Crippen LogP contribution in [0.5, 0.6) is 0 Å². The van der Waals surface area contributed by atoms with Gasteiger partial charge in [0.2, 0.25) is 0 Å². The molecule has 3 rings (SSSR count). The molecule has 0 aromatic rings. The van der Waals surface area contributed by atoms with Crippen molar-refractivity contribution in [1.29, 1.82) is 0 Å². The van der Waals surface area contributed by atoms with Crippen molar-refractivity contribution in [1.82, 2.24) is 10.3 Å². The van der Waals surface area contributed by atoms with Crippen LogP contribution < -0.4 is 11.3 Å². The molecule has 0 spiro atoms. The van der Waals surface area contributed by atoms with Gasteiger partial charge < -0.3 is 0 Å². The summed E-state index contributed by atoms with van der Waals surface area (Å²) in [7, 11) is 0. The van der Waals surface area contributed by atoms with E-state index in [1.807, 2.05) is 0 Å². The van der Waals surface area contributed by atoms with E-state index in [-0.39, 0.29) is 0 Å². The van der Waals surface area contributed by atoms with Gasteiger partial charge in [-0.2, -0.15) is 0 Å². The Bertz CT molecular complexity index is 338. The van der Waals surface area contributed by atoms with Gasteiger partial charge in [0.25, 0.3) is 0 Å². The van der Waals surface area contributed by atoms with E-state index in [0.717, 1.165) is 0 Å². The van der Waals surface area contributed by atoms with E-state index in [0.29, 0.717) is 11.6 Å². The van der Waals surface area contributed by atoms with Crippen LogP contribution in [0.15, 0.2) is 11.6 Å². The predicted octanol–water partition coefficient (Wildman–Crippen LogP) is 3.12. The molecule has 3 N–H and O–H groups in total. The summed E-state index contributed by atoms with van der Waals surface area (Å²) >= 11 is 0. The van der Waals surface area contributed by atoms with Crippen LogP contribution >= 0.6 is 0 Å². The van der Waals surface area contributed by atoms with Gasteiger partial charge in [0.1, 0.15) is 0 Å². The third-order valence-corrected chi connectivity index (χ3v) is 5.86. The van der Waals surface area contributed by atoms with Gasteiger partial charge in [-0.05, 0) is 64.5 Å². The van der Waals surface area contributed by atoms with Crippen LogP contribution in [0.1, 0.15) is 70.6 Å². The normalized spacial score (nSPS) is 29.1. The molecule has 0 aromatic carbocycles. The van der Waals surface area contributed by atoms with E-state index in [2.05, 4.69) is 16.4 Å². The Kier molecular flexibility index (Phi) is 4.79. The summed E-state index contributed by atoms with van der Waals surface area (Å²) in [4.78, 5) is 2.77. The van der Waals surface area contributed by atoms with Crippen LogP contribution in [0, 0.1) is 0 Å². The number of rotatable bonds is 4. The zero-order chi connectivity index (χ0) is 13.8. The standard InChI is InChI=1S/C17H31N3/c18-19-16(15-9-3-1-2-4-10-15)17(11-5-6-12-17)20-13-7-8-14-20/h9,16,19H,1-8,10-14,18H2. The van der Waals surface area contributed by atoms with Crippen molar-refractivity contribution in [2.75, 3.05) is 13.1 Å². The minimum absolute atomic E-state index is 0.321. The maximum atomic E-state index is 6.07. The number of nitrogens with two attached hydrogens (primary N) is 1.